The van der Waals surface area contributed by atoms with Gasteiger partial charge in [0.2, 0.25) is 0 Å². The van der Waals surface area contributed by atoms with Crippen molar-refractivity contribution in [2.45, 2.75) is 6.92 Å². The first kappa shape index (κ1) is 18.3. The van der Waals surface area contributed by atoms with Crippen LogP contribution in [-0.4, -0.2) is 17.4 Å². The molecular formula is C15H11Cl3N2O4. The zero-order valence-corrected chi connectivity index (χ0v) is 14.6. The predicted molar refractivity (Wildman–Crippen MR) is 93.7 cm³/mol. The van der Waals surface area contributed by atoms with E-state index in [0.717, 1.165) is 6.07 Å². The third kappa shape index (κ3) is 4.08. The molecule has 6 nitrogen and oxygen atoms in total. The number of anilines is 1. The van der Waals surface area contributed by atoms with Crippen molar-refractivity contribution < 1.29 is 14.5 Å². The van der Waals surface area contributed by atoms with Crippen LogP contribution in [0.5, 0.6) is 5.75 Å². The lowest BCUT2D eigenvalue weighted by molar-refractivity contribution is -0.384. The number of carbonyl (C=O) groups excluding carboxylic acids is 1. The van der Waals surface area contributed by atoms with E-state index in [1.165, 1.54) is 24.3 Å². The van der Waals surface area contributed by atoms with Gasteiger partial charge in [0.1, 0.15) is 0 Å². The first-order chi connectivity index (χ1) is 11.3. The summed E-state index contributed by atoms with van der Waals surface area (Å²) in [5, 5.41) is 13.7. The molecule has 0 bridgehead atoms. The highest BCUT2D eigenvalue weighted by atomic mass is 35.5. The highest BCUT2D eigenvalue weighted by Crippen LogP contribution is 2.35. The van der Waals surface area contributed by atoms with Crippen LogP contribution >= 0.6 is 34.8 Å². The van der Waals surface area contributed by atoms with E-state index in [4.69, 9.17) is 39.5 Å². The zero-order chi connectivity index (χ0) is 17.9. The number of nitrogens with one attached hydrogen (secondary N) is 1. The number of carbonyl (C=O) groups is 1. The van der Waals surface area contributed by atoms with E-state index in [9.17, 15) is 14.9 Å². The summed E-state index contributed by atoms with van der Waals surface area (Å²) in [5.41, 5.74) is 0.251. The van der Waals surface area contributed by atoms with Crippen molar-refractivity contribution in [3.8, 4) is 5.75 Å². The quantitative estimate of drug-likeness (QED) is 0.562. The molecule has 0 aromatic heterocycles. The van der Waals surface area contributed by atoms with Crippen LogP contribution in [0, 0.1) is 10.1 Å². The first-order valence-corrected chi connectivity index (χ1v) is 7.84. The van der Waals surface area contributed by atoms with Crippen LogP contribution in [0.25, 0.3) is 0 Å². The van der Waals surface area contributed by atoms with Crippen molar-refractivity contribution in [3.05, 3.63) is 61.1 Å². The van der Waals surface area contributed by atoms with Gasteiger partial charge in [-0.2, -0.15) is 0 Å². The molecule has 0 saturated heterocycles. The highest BCUT2D eigenvalue weighted by Gasteiger charge is 2.16. The van der Waals surface area contributed by atoms with Gasteiger partial charge in [0.05, 0.1) is 32.3 Å². The topological polar surface area (TPSA) is 81.5 Å². The average Bonchev–Trinajstić information content (AvgIpc) is 2.52. The third-order valence-electron chi connectivity index (χ3n) is 2.96. The fraction of sp³-hybridized carbons (Fsp3) is 0.133. The van der Waals surface area contributed by atoms with Crippen LogP contribution in [-0.2, 0) is 0 Å². The molecule has 2 rings (SSSR count). The minimum atomic E-state index is -0.580. The molecule has 0 fully saturated rings. The van der Waals surface area contributed by atoms with Crippen LogP contribution in [0.1, 0.15) is 17.3 Å². The second kappa shape index (κ2) is 7.70. The Balaban J connectivity index is 2.26. The third-order valence-corrected chi connectivity index (χ3v) is 3.84. The van der Waals surface area contributed by atoms with Crippen LogP contribution in [0.4, 0.5) is 11.4 Å². The molecule has 0 aliphatic heterocycles. The number of non-ortho nitro benzene ring substituents is 1. The van der Waals surface area contributed by atoms with Crippen molar-refractivity contribution >= 4 is 52.1 Å². The number of ether oxygens (including phenoxy) is 1. The molecule has 0 heterocycles. The molecule has 126 valence electrons. The summed E-state index contributed by atoms with van der Waals surface area (Å²) < 4.78 is 5.29. The summed E-state index contributed by atoms with van der Waals surface area (Å²) >= 11 is 18.1. The van der Waals surface area contributed by atoms with Crippen LogP contribution in [0.3, 0.4) is 0 Å². The molecule has 0 unspecified atom stereocenters. The Labute approximate surface area is 152 Å². The van der Waals surface area contributed by atoms with E-state index >= 15 is 0 Å². The molecule has 0 atom stereocenters. The van der Waals surface area contributed by atoms with Crippen molar-refractivity contribution in [2.75, 3.05) is 11.9 Å². The molecule has 1 N–H and O–H groups in total. The van der Waals surface area contributed by atoms with Gasteiger partial charge in [-0.1, -0.05) is 34.8 Å². The van der Waals surface area contributed by atoms with E-state index in [1.54, 1.807) is 6.92 Å². The van der Waals surface area contributed by atoms with E-state index in [2.05, 4.69) is 5.32 Å². The monoisotopic (exact) mass is 388 g/mol. The summed E-state index contributed by atoms with van der Waals surface area (Å²) in [4.78, 5) is 22.4. The number of amides is 1. The fourth-order valence-electron chi connectivity index (χ4n) is 1.89. The Kier molecular flexibility index (Phi) is 5.88. The summed E-state index contributed by atoms with van der Waals surface area (Å²) in [6, 6.07) is 6.55. The molecule has 24 heavy (non-hydrogen) atoms. The van der Waals surface area contributed by atoms with Gasteiger partial charge in [-0.15, -0.1) is 0 Å². The lowest BCUT2D eigenvalue weighted by Crippen LogP contribution is -2.12. The summed E-state index contributed by atoms with van der Waals surface area (Å²) in [6.07, 6.45) is 0. The normalized spacial score (nSPS) is 10.3. The molecule has 0 aliphatic carbocycles. The number of hydrogen-bond donors (Lipinski definition) is 1. The van der Waals surface area contributed by atoms with Crippen molar-refractivity contribution in [3.63, 3.8) is 0 Å². The Morgan fingerprint density at radius 2 is 1.79 bits per heavy atom. The van der Waals surface area contributed by atoms with E-state index in [1.807, 2.05) is 0 Å². The Bertz CT molecular complexity index is 788. The Morgan fingerprint density at radius 3 is 2.29 bits per heavy atom. The van der Waals surface area contributed by atoms with Gasteiger partial charge in [-0.3, -0.25) is 14.9 Å². The molecule has 0 spiro atoms. The number of nitro benzene ring substituents is 1. The molecule has 2 aromatic carbocycles. The summed E-state index contributed by atoms with van der Waals surface area (Å²) in [7, 11) is 0. The number of hydrogen-bond acceptors (Lipinski definition) is 4. The fourth-order valence-corrected chi connectivity index (χ4v) is 2.70. The Hall–Kier alpha value is -2.02. The van der Waals surface area contributed by atoms with Crippen molar-refractivity contribution in [1.29, 1.82) is 0 Å². The van der Waals surface area contributed by atoms with Gasteiger partial charge in [0.15, 0.2) is 5.75 Å². The van der Waals surface area contributed by atoms with Crippen molar-refractivity contribution in [2.24, 2.45) is 0 Å². The molecular weight excluding hydrogens is 379 g/mol. The second-order valence-corrected chi connectivity index (χ2v) is 5.80. The maximum absolute atomic E-state index is 12.3. The second-order valence-electron chi connectivity index (χ2n) is 4.58. The van der Waals surface area contributed by atoms with Crippen molar-refractivity contribution in [1.82, 2.24) is 0 Å². The minimum absolute atomic E-state index is 0.0423. The molecule has 0 radical (unpaired) electrons. The summed E-state index contributed by atoms with van der Waals surface area (Å²) in [5.74, 6) is -0.219. The van der Waals surface area contributed by atoms with E-state index < -0.39 is 10.8 Å². The number of halogens is 3. The van der Waals surface area contributed by atoms with E-state index in [0.29, 0.717) is 12.4 Å². The predicted octanol–water partition coefficient (Wildman–Crippen LogP) is 5.21. The first-order valence-electron chi connectivity index (χ1n) is 6.70. The van der Waals surface area contributed by atoms with Crippen LogP contribution in [0.2, 0.25) is 15.1 Å². The van der Waals surface area contributed by atoms with Crippen LogP contribution in [0.15, 0.2) is 30.3 Å². The zero-order valence-electron chi connectivity index (χ0n) is 12.3. The van der Waals surface area contributed by atoms with Gasteiger partial charge in [0, 0.05) is 17.7 Å². The number of nitrogens with zero attached hydrogens (tertiary/aromatic N) is 1. The lowest BCUT2D eigenvalue weighted by Gasteiger charge is -2.11. The smallest absolute Gasteiger partial charge is 0.271 e. The van der Waals surface area contributed by atoms with Gasteiger partial charge < -0.3 is 10.1 Å². The lowest BCUT2D eigenvalue weighted by atomic mass is 10.2. The molecule has 0 aliphatic rings. The number of benzene rings is 2. The Morgan fingerprint density at radius 1 is 1.17 bits per heavy atom. The van der Waals surface area contributed by atoms with Gasteiger partial charge in [-0.25, -0.2) is 0 Å². The maximum Gasteiger partial charge on any atom is 0.271 e. The standard InChI is InChI=1S/C15H11Cl3N2O4/c1-2-24-14-11(17)5-8(6-12(14)18)15(21)19-13-4-3-9(20(22)23)7-10(13)16/h3-7H,2H2,1H3,(H,19,21). The molecule has 2 aromatic rings. The summed E-state index contributed by atoms with van der Waals surface area (Å²) in [6.45, 7) is 2.16. The van der Waals surface area contributed by atoms with Gasteiger partial charge >= 0.3 is 0 Å². The van der Waals surface area contributed by atoms with Gasteiger partial charge in [0.25, 0.3) is 11.6 Å². The largest absolute Gasteiger partial charge is 0.491 e. The molecule has 1 amide bonds. The molecule has 0 saturated carbocycles. The SMILES string of the molecule is CCOc1c(Cl)cc(C(=O)Nc2ccc([N+](=O)[O-])cc2Cl)cc1Cl. The number of nitro groups is 1. The average molecular weight is 390 g/mol. The van der Waals surface area contributed by atoms with Crippen LogP contribution < -0.4 is 10.1 Å². The minimum Gasteiger partial charge on any atom is -0.491 e. The van der Waals surface area contributed by atoms with Gasteiger partial charge in [-0.05, 0) is 25.1 Å². The number of rotatable bonds is 5. The maximum atomic E-state index is 12.3. The molecule has 9 heteroatoms. The highest BCUT2D eigenvalue weighted by molar-refractivity contribution is 6.38. The van der Waals surface area contributed by atoms with E-state index in [-0.39, 0.29) is 32.0 Å².